The molecule has 3 aromatic carbocycles. The van der Waals surface area contributed by atoms with E-state index in [1.54, 1.807) is 60.7 Å². The molecule has 0 aliphatic carbocycles. The normalized spacial score (nSPS) is 12.7. The van der Waals surface area contributed by atoms with Gasteiger partial charge in [0.05, 0.1) is 10.9 Å². The Morgan fingerprint density at radius 3 is 1.96 bits per heavy atom. The van der Waals surface area contributed by atoms with Gasteiger partial charge < -0.3 is 4.74 Å². The summed E-state index contributed by atoms with van der Waals surface area (Å²) in [5.41, 5.74) is 2.28. The van der Waals surface area contributed by atoms with Crippen LogP contribution < -0.4 is 9.46 Å². The molecule has 1 N–H and O–H groups in total. The van der Waals surface area contributed by atoms with Crippen molar-refractivity contribution in [3.8, 4) is 5.75 Å². The fourth-order valence-corrected chi connectivity index (χ4v) is 3.97. The summed E-state index contributed by atoms with van der Waals surface area (Å²) in [7, 11) is -3.80. The Labute approximate surface area is 162 Å². The molecule has 4 nitrogen and oxygen atoms in total. The summed E-state index contributed by atoms with van der Waals surface area (Å²) in [4.78, 5) is 0.150. The van der Waals surface area contributed by atoms with E-state index in [-0.39, 0.29) is 10.6 Å². The molecule has 3 aromatic rings. The molecule has 7 heteroatoms. The van der Waals surface area contributed by atoms with Crippen molar-refractivity contribution in [2.75, 3.05) is 0 Å². The molecule has 3 rings (SSSR count). The van der Waals surface area contributed by atoms with Crippen molar-refractivity contribution in [3.63, 3.8) is 0 Å². The number of nitrogens with one attached hydrogen (secondary N) is 1. The highest BCUT2D eigenvalue weighted by Gasteiger charge is 2.23. The molecule has 0 aliphatic heterocycles. The third-order valence-corrected chi connectivity index (χ3v) is 5.61. The SMILES string of the molecule is Cc1ccc(S(=O)(=O)N[C@H](c2ccccc2)c2ccc(OC(F)F)cc2)cc1. The van der Waals surface area contributed by atoms with Gasteiger partial charge in [0, 0.05) is 0 Å². The largest absolute Gasteiger partial charge is 0.435 e. The monoisotopic (exact) mass is 403 g/mol. The molecule has 0 spiro atoms. The molecule has 0 aromatic heterocycles. The molecule has 0 heterocycles. The summed E-state index contributed by atoms with van der Waals surface area (Å²) >= 11 is 0. The number of aryl methyl sites for hydroxylation is 1. The molecule has 0 fully saturated rings. The van der Waals surface area contributed by atoms with E-state index in [1.165, 1.54) is 12.1 Å². The third-order valence-electron chi connectivity index (χ3n) is 4.18. The van der Waals surface area contributed by atoms with E-state index in [4.69, 9.17) is 0 Å². The molecule has 0 saturated heterocycles. The molecule has 0 radical (unpaired) electrons. The van der Waals surface area contributed by atoms with Crippen LogP contribution in [-0.4, -0.2) is 15.0 Å². The number of ether oxygens (including phenoxy) is 1. The molecule has 146 valence electrons. The van der Waals surface area contributed by atoms with Crippen LogP contribution >= 0.6 is 0 Å². The third kappa shape index (κ3) is 4.94. The second-order valence-electron chi connectivity index (χ2n) is 6.23. The van der Waals surface area contributed by atoms with Gasteiger partial charge in [0.25, 0.3) is 0 Å². The van der Waals surface area contributed by atoms with Gasteiger partial charge in [-0.2, -0.15) is 13.5 Å². The fourth-order valence-electron chi connectivity index (χ4n) is 2.76. The van der Waals surface area contributed by atoms with E-state index in [9.17, 15) is 17.2 Å². The van der Waals surface area contributed by atoms with Crippen molar-refractivity contribution in [1.82, 2.24) is 4.72 Å². The van der Waals surface area contributed by atoms with Crippen molar-refractivity contribution in [2.24, 2.45) is 0 Å². The van der Waals surface area contributed by atoms with Crippen LogP contribution in [0.25, 0.3) is 0 Å². The van der Waals surface area contributed by atoms with Crippen molar-refractivity contribution >= 4 is 10.0 Å². The number of benzene rings is 3. The van der Waals surface area contributed by atoms with E-state index < -0.39 is 22.7 Å². The Morgan fingerprint density at radius 2 is 1.39 bits per heavy atom. The predicted octanol–water partition coefficient (Wildman–Crippen LogP) is 4.66. The first-order valence-electron chi connectivity index (χ1n) is 8.54. The number of hydrogen-bond donors (Lipinski definition) is 1. The van der Waals surface area contributed by atoms with Gasteiger partial charge in [-0.1, -0.05) is 60.2 Å². The zero-order valence-electron chi connectivity index (χ0n) is 15.0. The van der Waals surface area contributed by atoms with Crippen LogP contribution in [-0.2, 0) is 10.0 Å². The van der Waals surface area contributed by atoms with Gasteiger partial charge in [0.2, 0.25) is 10.0 Å². The van der Waals surface area contributed by atoms with Crippen LogP contribution in [0.3, 0.4) is 0 Å². The minimum Gasteiger partial charge on any atom is -0.435 e. The minimum atomic E-state index is -3.80. The maximum atomic E-state index is 12.9. The van der Waals surface area contributed by atoms with E-state index in [2.05, 4.69) is 9.46 Å². The van der Waals surface area contributed by atoms with Crippen molar-refractivity contribution in [3.05, 3.63) is 95.6 Å². The molecule has 1 atom stereocenters. The highest BCUT2D eigenvalue weighted by molar-refractivity contribution is 7.89. The van der Waals surface area contributed by atoms with Crippen molar-refractivity contribution < 1.29 is 21.9 Å². The topological polar surface area (TPSA) is 55.4 Å². The zero-order chi connectivity index (χ0) is 20.1. The van der Waals surface area contributed by atoms with Crippen molar-refractivity contribution in [1.29, 1.82) is 0 Å². The number of halogens is 2. The fraction of sp³-hybridized carbons (Fsp3) is 0.143. The number of rotatable bonds is 7. The minimum absolute atomic E-state index is 0.00644. The standard InChI is InChI=1S/C21H19F2NO3S/c1-15-7-13-19(14-8-15)28(25,26)24-20(16-5-3-2-4-6-16)17-9-11-18(12-10-17)27-21(22)23/h2-14,20-21,24H,1H3/t20-/m1/s1. The summed E-state index contributed by atoms with van der Waals surface area (Å²) in [6.45, 7) is -1.05. The van der Waals surface area contributed by atoms with Crippen LogP contribution in [0.15, 0.2) is 83.8 Å². The number of sulfonamides is 1. The lowest BCUT2D eigenvalue weighted by atomic mass is 10.00. The maximum Gasteiger partial charge on any atom is 0.387 e. The molecule has 0 bridgehead atoms. The van der Waals surface area contributed by atoms with Gasteiger partial charge in [-0.25, -0.2) is 8.42 Å². The Balaban J connectivity index is 1.95. The van der Waals surface area contributed by atoms with E-state index >= 15 is 0 Å². The summed E-state index contributed by atoms with van der Waals surface area (Å²) in [5.74, 6) is 0.00644. The molecule has 0 unspecified atom stereocenters. The lowest BCUT2D eigenvalue weighted by Gasteiger charge is -2.20. The van der Waals surface area contributed by atoms with Crippen LogP contribution in [0.4, 0.5) is 8.78 Å². The van der Waals surface area contributed by atoms with Crippen molar-refractivity contribution in [2.45, 2.75) is 24.5 Å². The van der Waals surface area contributed by atoms with Gasteiger partial charge in [0.1, 0.15) is 5.75 Å². The highest BCUT2D eigenvalue weighted by atomic mass is 32.2. The van der Waals surface area contributed by atoms with Gasteiger partial charge in [-0.05, 0) is 42.3 Å². The van der Waals surface area contributed by atoms with E-state index in [0.29, 0.717) is 5.56 Å². The van der Waals surface area contributed by atoms with Gasteiger partial charge in [-0.3, -0.25) is 0 Å². The van der Waals surface area contributed by atoms with Gasteiger partial charge in [0.15, 0.2) is 0 Å². The lowest BCUT2D eigenvalue weighted by molar-refractivity contribution is -0.0498. The second-order valence-corrected chi connectivity index (χ2v) is 7.94. The first kappa shape index (κ1) is 20.0. The summed E-state index contributed by atoms with van der Waals surface area (Å²) in [6, 6.07) is 20.8. The van der Waals surface area contributed by atoms with Crippen LogP contribution in [0.2, 0.25) is 0 Å². The first-order valence-corrected chi connectivity index (χ1v) is 10.0. The number of alkyl halides is 2. The summed E-state index contributed by atoms with van der Waals surface area (Å²) in [5, 5.41) is 0. The quantitative estimate of drug-likeness (QED) is 0.624. The van der Waals surface area contributed by atoms with Crippen LogP contribution in [0.5, 0.6) is 5.75 Å². The van der Waals surface area contributed by atoms with Gasteiger partial charge in [-0.15, -0.1) is 0 Å². The lowest BCUT2D eigenvalue weighted by Crippen LogP contribution is -2.29. The maximum absolute atomic E-state index is 12.9. The van der Waals surface area contributed by atoms with E-state index in [1.807, 2.05) is 13.0 Å². The average Bonchev–Trinajstić information content (AvgIpc) is 2.67. The van der Waals surface area contributed by atoms with Gasteiger partial charge >= 0.3 is 6.61 Å². The van der Waals surface area contributed by atoms with E-state index in [0.717, 1.165) is 11.1 Å². The Kier molecular flexibility index (Phi) is 6.06. The van der Waals surface area contributed by atoms with Crippen LogP contribution in [0.1, 0.15) is 22.7 Å². The predicted molar refractivity (Wildman–Crippen MR) is 103 cm³/mol. The Morgan fingerprint density at radius 1 is 0.821 bits per heavy atom. The zero-order valence-corrected chi connectivity index (χ0v) is 15.9. The Bertz CT molecular complexity index is 1010. The summed E-state index contributed by atoms with van der Waals surface area (Å²) in [6.07, 6.45) is 0. The number of hydrogen-bond acceptors (Lipinski definition) is 3. The van der Waals surface area contributed by atoms with Crippen LogP contribution in [0, 0.1) is 6.92 Å². The highest BCUT2D eigenvalue weighted by Crippen LogP contribution is 2.27. The summed E-state index contributed by atoms with van der Waals surface area (Å²) < 4.78 is 57.6. The first-order chi connectivity index (χ1) is 13.3. The molecular formula is C21H19F2NO3S. The molecule has 0 saturated carbocycles. The Hall–Kier alpha value is -2.77. The molecular weight excluding hydrogens is 384 g/mol. The second kappa shape index (κ2) is 8.50. The smallest absolute Gasteiger partial charge is 0.387 e. The molecule has 0 amide bonds. The average molecular weight is 403 g/mol. The molecule has 28 heavy (non-hydrogen) atoms. The molecule has 0 aliphatic rings.